The number of nitrogens with zero attached hydrogens (tertiary/aromatic N) is 2. The normalized spacial score (nSPS) is 27.0. The van der Waals surface area contributed by atoms with Gasteiger partial charge in [0.1, 0.15) is 26.2 Å². The van der Waals surface area contributed by atoms with Gasteiger partial charge in [0.2, 0.25) is 11.8 Å². The molecule has 2 saturated heterocycles. The fourth-order valence-electron chi connectivity index (χ4n) is 4.94. The van der Waals surface area contributed by atoms with Crippen molar-refractivity contribution in [3.8, 4) is 5.75 Å². The SMILES string of the molecule is [B]C1(O)N(Cc2ccc(COc3cccc4c3CN(C3CCC(=O)NC3=O)C4=O)cc2)C(O)(O)C(O)(O)OC1(O)O. The summed E-state index contributed by atoms with van der Waals surface area (Å²) in [6.45, 7) is -0.575. The van der Waals surface area contributed by atoms with Gasteiger partial charge < -0.3 is 45.4 Å². The summed E-state index contributed by atoms with van der Waals surface area (Å²) in [6, 6.07) is 10.2. The van der Waals surface area contributed by atoms with Gasteiger partial charge in [-0.05, 0) is 29.7 Å². The molecule has 3 amide bonds. The molecule has 2 aromatic rings. The van der Waals surface area contributed by atoms with Crippen LogP contribution in [0.3, 0.4) is 0 Å². The van der Waals surface area contributed by atoms with E-state index < -0.39 is 42.0 Å². The lowest BCUT2D eigenvalue weighted by Gasteiger charge is -2.57. The maximum atomic E-state index is 13.0. The van der Waals surface area contributed by atoms with Gasteiger partial charge in [-0.1, -0.05) is 30.3 Å². The van der Waals surface area contributed by atoms with E-state index in [0.29, 0.717) is 22.4 Å². The molecule has 0 aliphatic carbocycles. The number of carbonyl (C=O) groups excluding carboxylic acids is 3. The van der Waals surface area contributed by atoms with Gasteiger partial charge in [0.05, 0.1) is 6.54 Å². The standard InChI is InChI=1S/C25H26BN3O12/c26-22(33)24(36,37)41-25(38,39)23(34,35)29(22)10-13-4-6-14(7-5-13)12-40-18-3-1-2-15-16(18)11-28(21(15)32)17-8-9-19(30)27-20(17)31/h1-7,17,33-39H,8-12H2,(H,27,30,31). The van der Waals surface area contributed by atoms with Crippen LogP contribution in [0.2, 0.25) is 0 Å². The van der Waals surface area contributed by atoms with Gasteiger partial charge in [-0.3, -0.25) is 24.4 Å². The first-order valence-corrected chi connectivity index (χ1v) is 12.4. The van der Waals surface area contributed by atoms with E-state index in [2.05, 4.69) is 10.1 Å². The monoisotopic (exact) mass is 571 g/mol. The van der Waals surface area contributed by atoms with E-state index in [0.717, 1.165) is 0 Å². The lowest BCUT2D eigenvalue weighted by atomic mass is 9.83. The molecule has 2 atom stereocenters. The largest absolute Gasteiger partial charge is 0.489 e. The fourth-order valence-corrected chi connectivity index (χ4v) is 4.94. The lowest BCUT2D eigenvalue weighted by Crippen LogP contribution is -2.84. The van der Waals surface area contributed by atoms with Crippen LogP contribution in [0.1, 0.15) is 39.9 Å². The molecule has 0 saturated carbocycles. The average Bonchev–Trinajstić information content (AvgIpc) is 3.21. The van der Waals surface area contributed by atoms with Crippen molar-refractivity contribution in [3.05, 3.63) is 64.7 Å². The molecule has 0 bridgehead atoms. The summed E-state index contributed by atoms with van der Waals surface area (Å²) in [5.74, 6) is -12.4. The quantitative estimate of drug-likeness (QED) is 0.0961. The summed E-state index contributed by atoms with van der Waals surface area (Å²) in [5.41, 5.74) is -1.61. The first-order chi connectivity index (χ1) is 19.0. The Labute approximate surface area is 233 Å². The van der Waals surface area contributed by atoms with Crippen molar-refractivity contribution in [2.24, 2.45) is 0 Å². The first-order valence-electron chi connectivity index (χ1n) is 12.4. The molecule has 16 heteroatoms. The zero-order valence-corrected chi connectivity index (χ0v) is 21.3. The number of morpholine rings is 1. The summed E-state index contributed by atoms with van der Waals surface area (Å²) in [4.78, 5) is 38.2. The van der Waals surface area contributed by atoms with Crippen molar-refractivity contribution in [3.63, 3.8) is 0 Å². The van der Waals surface area contributed by atoms with Gasteiger partial charge >= 0.3 is 17.9 Å². The van der Waals surface area contributed by atoms with Gasteiger partial charge in [0, 0.05) is 24.1 Å². The van der Waals surface area contributed by atoms with E-state index in [1.54, 1.807) is 30.3 Å². The van der Waals surface area contributed by atoms with Gasteiger partial charge in [-0.25, -0.2) is 4.90 Å². The van der Waals surface area contributed by atoms with Crippen LogP contribution in [0, 0.1) is 0 Å². The Kier molecular flexibility index (Phi) is 6.97. The van der Waals surface area contributed by atoms with E-state index in [-0.39, 0.29) is 48.3 Å². The Bertz CT molecular complexity index is 1370. The van der Waals surface area contributed by atoms with E-state index in [1.807, 2.05) is 0 Å². The van der Waals surface area contributed by atoms with E-state index >= 15 is 0 Å². The number of amides is 3. The van der Waals surface area contributed by atoms with Crippen molar-refractivity contribution >= 4 is 25.6 Å². The molecule has 0 aromatic heterocycles. The van der Waals surface area contributed by atoms with Crippen molar-refractivity contribution in [1.82, 2.24) is 15.1 Å². The Morgan fingerprint density at radius 3 is 2.27 bits per heavy atom. The van der Waals surface area contributed by atoms with E-state index in [1.165, 1.54) is 17.0 Å². The highest BCUT2D eigenvalue weighted by molar-refractivity contribution is 6.14. The van der Waals surface area contributed by atoms with Crippen LogP contribution < -0.4 is 10.1 Å². The number of piperidine rings is 1. The van der Waals surface area contributed by atoms with E-state index in [9.17, 15) is 50.1 Å². The first kappa shape index (κ1) is 29.1. The van der Waals surface area contributed by atoms with Crippen LogP contribution in [-0.4, -0.2) is 101 Å². The van der Waals surface area contributed by atoms with E-state index in [4.69, 9.17) is 12.6 Å². The van der Waals surface area contributed by atoms with Gasteiger partial charge in [-0.15, -0.1) is 0 Å². The molecule has 3 heterocycles. The van der Waals surface area contributed by atoms with Gasteiger partial charge in [0.15, 0.2) is 5.62 Å². The number of hydrogen-bond donors (Lipinski definition) is 8. The molecule has 2 radical (unpaired) electrons. The Morgan fingerprint density at radius 1 is 0.951 bits per heavy atom. The van der Waals surface area contributed by atoms with Crippen LogP contribution >= 0.6 is 0 Å². The average molecular weight is 571 g/mol. The molecule has 41 heavy (non-hydrogen) atoms. The molecular weight excluding hydrogens is 545 g/mol. The third kappa shape index (κ3) is 4.88. The Balaban J connectivity index is 1.28. The highest BCUT2D eigenvalue weighted by Gasteiger charge is 2.71. The van der Waals surface area contributed by atoms with Crippen LogP contribution in [0.15, 0.2) is 42.5 Å². The predicted molar refractivity (Wildman–Crippen MR) is 132 cm³/mol. The number of hydrogen-bond acceptors (Lipinski definition) is 13. The Morgan fingerprint density at radius 2 is 1.61 bits per heavy atom. The molecule has 2 aromatic carbocycles. The maximum absolute atomic E-state index is 13.0. The molecule has 8 N–H and O–H groups in total. The molecule has 2 fully saturated rings. The van der Waals surface area contributed by atoms with Gasteiger partial charge in [0.25, 0.3) is 5.91 Å². The zero-order chi connectivity index (χ0) is 30.0. The smallest absolute Gasteiger partial charge is 0.356 e. The fraction of sp³-hybridized carbons (Fsp3) is 0.400. The Hall–Kier alpha value is -3.45. The van der Waals surface area contributed by atoms with Crippen molar-refractivity contribution in [2.45, 2.75) is 62.1 Å². The second-order valence-electron chi connectivity index (χ2n) is 10.1. The molecular formula is C25H26BN3O12. The maximum Gasteiger partial charge on any atom is 0.356 e. The number of fused-ring (bicyclic) bond motifs is 1. The summed E-state index contributed by atoms with van der Waals surface area (Å²) in [6.07, 6.45) is 0.354. The molecule has 15 nitrogen and oxygen atoms in total. The zero-order valence-electron chi connectivity index (χ0n) is 21.3. The number of imide groups is 1. The predicted octanol–water partition coefficient (Wildman–Crippen LogP) is -3.41. The van der Waals surface area contributed by atoms with Crippen molar-refractivity contribution in [2.75, 3.05) is 0 Å². The second-order valence-corrected chi connectivity index (χ2v) is 10.1. The molecule has 5 rings (SSSR count). The third-order valence-electron chi connectivity index (χ3n) is 7.29. The minimum atomic E-state index is -3.96. The molecule has 2 unspecified atom stereocenters. The summed E-state index contributed by atoms with van der Waals surface area (Å²) in [7, 11) is 5.44. The van der Waals surface area contributed by atoms with Crippen LogP contribution in [0.4, 0.5) is 0 Å². The minimum Gasteiger partial charge on any atom is -0.489 e. The van der Waals surface area contributed by atoms with Crippen LogP contribution in [0.5, 0.6) is 5.75 Å². The van der Waals surface area contributed by atoms with Crippen molar-refractivity contribution in [1.29, 1.82) is 0 Å². The lowest BCUT2D eigenvalue weighted by molar-refractivity contribution is -0.621. The van der Waals surface area contributed by atoms with Crippen LogP contribution in [-0.2, 0) is 34.0 Å². The second kappa shape index (κ2) is 9.83. The number of benzene rings is 2. The highest BCUT2D eigenvalue weighted by atomic mass is 16.9. The van der Waals surface area contributed by atoms with Crippen LogP contribution in [0.25, 0.3) is 0 Å². The number of aliphatic hydroxyl groups is 7. The molecule has 3 aliphatic heterocycles. The number of ether oxygens (including phenoxy) is 2. The number of carbonyl (C=O) groups is 3. The molecule has 3 aliphatic rings. The minimum absolute atomic E-state index is 0.00746. The van der Waals surface area contributed by atoms with Crippen molar-refractivity contribution < 1.29 is 59.6 Å². The number of rotatable bonds is 6. The third-order valence-corrected chi connectivity index (χ3v) is 7.29. The number of nitrogens with one attached hydrogen (secondary N) is 1. The summed E-state index contributed by atoms with van der Waals surface area (Å²) < 4.78 is 9.91. The summed E-state index contributed by atoms with van der Waals surface area (Å²) in [5, 5.41) is 72.2. The molecule has 216 valence electrons. The molecule has 0 spiro atoms. The highest BCUT2D eigenvalue weighted by Crippen LogP contribution is 2.42. The summed E-state index contributed by atoms with van der Waals surface area (Å²) >= 11 is 0. The van der Waals surface area contributed by atoms with Gasteiger partial charge in [-0.2, -0.15) is 0 Å². The topological polar surface area (TPSA) is 230 Å².